The Morgan fingerprint density at radius 1 is 1.15 bits per heavy atom. The molecule has 5 heteroatoms. The first-order valence-corrected chi connectivity index (χ1v) is 12.3. The van der Waals surface area contributed by atoms with Gasteiger partial charge in [-0.1, -0.05) is 30.3 Å². The van der Waals surface area contributed by atoms with Crippen LogP contribution in [-0.4, -0.2) is 48.3 Å². The largest absolute Gasteiger partial charge is 0.491 e. The maximum atomic E-state index is 13.2. The van der Waals surface area contributed by atoms with E-state index >= 15 is 0 Å². The highest BCUT2D eigenvalue weighted by Crippen LogP contribution is 2.44. The van der Waals surface area contributed by atoms with E-state index in [0.717, 1.165) is 42.6 Å². The maximum Gasteiger partial charge on any atom is 0.253 e. The molecule has 2 fully saturated rings. The molecule has 2 aromatic rings. The molecule has 2 saturated heterocycles. The quantitative estimate of drug-likeness (QED) is 0.564. The van der Waals surface area contributed by atoms with Crippen molar-refractivity contribution in [2.45, 2.75) is 77.3 Å². The molecule has 0 unspecified atom stereocenters. The molecule has 2 aliphatic heterocycles. The molecule has 2 aliphatic rings. The summed E-state index contributed by atoms with van der Waals surface area (Å²) in [5, 5.41) is 0. The molecule has 2 aromatic carbocycles. The van der Waals surface area contributed by atoms with Gasteiger partial charge in [-0.15, -0.1) is 0 Å². The van der Waals surface area contributed by atoms with Gasteiger partial charge in [0, 0.05) is 38.1 Å². The second-order valence-electron chi connectivity index (χ2n) is 9.66. The van der Waals surface area contributed by atoms with Crippen LogP contribution < -0.4 is 4.74 Å². The topological polar surface area (TPSA) is 48.0 Å². The Hall–Kier alpha value is -2.37. The van der Waals surface area contributed by atoms with Gasteiger partial charge in [-0.3, -0.25) is 4.79 Å². The van der Waals surface area contributed by atoms with Crippen molar-refractivity contribution in [2.24, 2.45) is 0 Å². The smallest absolute Gasteiger partial charge is 0.253 e. The zero-order valence-corrected chi connectivity index (χ0v) is 20.4. The Bertz CT molecular complexity index is 934. The highest BCUT2D eigenvalue weighted by Gasteiger charge is 2.45. The summed E-state index contributed by atoms with van der Waals surface area (Å²) in [5.74, 6) is 0.921. The predicted molar refractivity (Wildman–Crippen MR) is 130 cm³/mol. The predicted octanol–water partition coefficient (Wildman–Crippen LogP) is 5.71. The van der Waals surface area contributed by atoms with Gasteiger partial charge in [0.2, 0.25) is 0 Å². The van der Waals surface area contributed by atoms with E-state index in [0.29, 0.717) is 19.7 Å². The second kappa shape index (κ2) is 10.3. The molecule has 0 bridgehead atoms. The number of benzene rings is 2. The molecule has 0 saturated carbocycles. The van der Waals surface area contributed by atoms with Crippen LogP contribution in [0.25, 0.3) is 0 Å². The molecular formula is C28H37NO4. The minimum Gasteiger partial charge on any atom is -0.491 e. The van der Waals surface area contributed by atoms with Gasteiger partial charge in [0.25, 0.3) is 5.91 Å². The lowest BCUT2D eigenvalue weighted by molar-refractivity contribution is -0.190. The van der Waals surface area contributed by atoms with Crippen molar-refractivity contribution in [3.05, 3.63) is 65.2 Å². The van der Waals surface area contributed by atoms with Crippen molar-refractivity contribution in [2.75, 3.05) is 19.7 Å². The summed E-state index contributed by atoms with van der Waals surface area (Å²) in [6.45, 7) is 10.2. The zero-order valence-electron chi connectivity index (χ0n) is 20.4. The summed E-state index contributed by atoms with van der Waals surface area (Å²) in [4.78, 5) is 15.2. The zero-order chi connectivity index (χ0) is 23.4. The van der Waals surface area contributed by atoms with Crippen LogP contribution in [0.3, 0.4) is 0 Å². The minimum atomic E-state index is -0.236. The molecule has 0 aromatic heterocycles. The molecule has 0 radical (unpaired) electrons. The summed E-state index contributed by atoms with van der Waals surface area (Å²) in [6.07, 6.45) is 3.78. The van der Waals surface area contributed by atoms with Crippen LogP contribution in [0.2, 0.25) is 0 Å². The minimum absolute atomic E-state index is 0.0369. The number of carbonyl (C=O) groups is 1. The lowest BCUT2D eigenvalue weighted by Crippen LogP contribution is -2.52. The monoisotopic (exact) mass is 451 g/mol. The number of aryl methyl sites for hydroxylation is 1. The summed E-state index contributed by atoms with van der Waals surface area (Å²) < 4.78 is 18.7. The van der Waals surface area contributed by atoms with Crippen LogP contribution in [0, 0.1) is 6.92 Å². The summed E-state index contributed by atoms with van der Waals surface area (Å²) in [6, 6.07) is 16.2. The molecule has 2 heterocycles. The van der Waals surface area contributed by atoms with E-state index in [1.165, 1.54) is 5.56 Å². The highest BCUT2D eigenvalue weighted by atomic mass is 16.5. The molecule has 4 rings (SSSR count). The molecule has 2 atom stereocenters. The van der Waals surface area contributed by atoms with Crippen LogP contribution in [0.15, 0.2) is 48.5 Å². The average Bonchev–Trinajstić information content (AvgIpc) is 2.81. The third-order valence-corrected chi connectivity index (χ3v) is 6.79. The van der Waals surface area contributed by atoms with Crippen LogP contribution in [0.5, 0.6) is 5.75 Å². The van der Waals surface area contributed by atoms with Crippen LogP contribution >= 0.6 is 0 Å². The fraction of sp³-hybridized carbons (Fsp3) is 0.536. The van der Waals surface area contributed by atoms with Crippen molar-refractivity contribution >= 4 is 5.91 Å². The lowest BCUT2D eigenvalue weighted by atomic mass is 9.80. The number of piperidine rings is 1. The fourth-order valence-electron chi connectivity index (χ4n) is 5.16. The fourth-order valence-corrected chi connectivity index (χ4v) is 5.16. The van der Waals surface area contributed by atoms with Gasteiger partial charge in [-0.05, 0) is 69.9 Å². The van der Waals surface area contributed by atoms with Crippen molar-refractivity contribution in [3.8, 4) is 5.75 Å². The van der Waals surface area contributed by atoms with Crippen molar-refractivity contribution in [1.29, 1.82) is 0 Å². The van der Waals surface area contributed by atoms with Gasteiger partial charge < -0.3 is 19.1 Å². The number of nitrogens with zero attached hydrogens (tertiary/aromatic N) is 1. The lowest BCUT2D eigenvalue weighted by Gasteiger charge is -2.48. The van der Waals surface area contributed by atoms with Gasteiger partial charge in [-0.25, -0.2) is 0 Å². The van der Waals surface area contributed by atoms with E-state index in [2.05, 4.69) is 31.2 Å². The van der Waals surface area contributed by atoms with Crippen LogP contribution in [0.1, 0.15) is 74.0 Å². The van der Waals surface area contributed by atoms with E-state index in [1.54, 1.807) is 0 Å². The molecule has 33 heavy (non-hydrogen) atoms. The number of hydrogen-bond acceptors (Lipinski definition) is 4. The normalized spacial score (nSPS) is 22.5. The maximum absolute atomic E-state index is 13.2. The van der Waals surface area contributed by atoms with E-state index in [-0.39, 0.29) is 29.8 Å². The van der Waals surface area contributed by atoms with Gasteiger partial charge in [0.1, 0.15) is 5.75 Å². The molecule has 0 aliphatic carbocycles. The Morgan fingerprint density at radius 3 is 2.52 bits per heavy atom. The third kappa shape index (κ3) is 5.59. The number of likely N-dealkylation sites (tertiary alicyclic amines) is 1. The van der Waals surface area contributed by atoms with Crippen molar-refractivity contribution in [1.82, 2.24) is 4.90 Å². The van der Waals surface area contributed by atoms with E-state index in [1.807, 2.05) is 49.9 Å². The van der Waals surface area contributed by atoms with E-state index < -0.39 is 0 Å². The number of rotatable bonds is 6. The van der Waals surface area contributed by atoms with Crippen molar-refractivity contribution in [3.63, 3.8) is 0 Å². The third-order valence-electron chi connectivity index (χ3n) is 6.79. The SMILES string of the molecule is CCO[C@H]1C[C@@H](c2ccccc2)OC2(CCN(C(=O)c3ccc(OC(C)C)c(C)c3)CC2)C1. The number of ether oxygens (including phenoxy) is 3. The molecule has 1 amide bonds. The Kier molecular flexibility index (Phi) is 7.40. The van der Waals surface area contributed by atoms with Gasteiger partial charge in [0.05, 0.1) is 23.9 Å². The molecule has 178 valence electrons. The van der Waals surface area contributed by atoms with E-state index in [4.69, 9.17) is 14.2 Å². The molecule has 1 spiro atoms. The first-order chi connectivity index (χ1) is 15.9. The number of amides is 1. The first kappa shape index (κ1) is 23.8. The Balaban J connectivity index is 1.44. The first-order valence-electron chi connectivity index (χ1n) is 12.3. The van der Waals surface area contributed by atoms with Crippen LogP contribution in [-0.2, 0) is 9.47 Å². The molecular weight excluding hydrogens is 414 g/mol. The second-order valence-corrected chi connectivity index (χ2v) is 9.66. The van der Waals surface area contributed by atoms with E-state index in [9.17, 15) is 4.79 Å². The standard InChI is InChI=1S/C28H37NO4/c1-5-31-24-18-26(22-9-7-6-8-10-22)33-28(19-24)13-15-29(16-14-28)27(30)23-11-12-25(21(4)17-23)32-20(2)3/h6-12,17,20,24,26H,5,13-16,18-19H2,1-4H3/t24-,26-/m0/s1. The average molecular weight is 452 g/mol. The number of carbonyl (C=O) groups excluding carboxylic acids is 1. The molecule has 0 N–H and O–H groups in total. The summed E-state index contributed by atoms with van der Waals surface area (Å²) in [5.41, 5.74) is 2.68. The Morgan fingerprint density at radius 2 is 1.88 bits per heavy atom. The summed E-state index contributed by atoms with van der Waals surface area (Å²) >= 11 is 0. The Labute approximate surface area is 198 Å². The molecule has 5 nitrogen and oxygen atoms in total. The van der Waals surface area contributed by atoms with Gasteiger partial charge in [0.15, 0.2) is 0 Å². The van der Waals surface area contributed by atoms with Crippen LogP contribution in [0.4, 0.5) is 0 Å². The van der Waals surface area contributed by atoms with Gasteiger partial charge >= 0.3 is 0 Å². The van der Waals surface area contributed by atoms with Crippen molar-refractivity contribution < 1.29 is 19.0 Å². The van der Waals surface area contributed by atoms with Gasteiger partial charge in [-0.2, -0.15) is 0 Å². The highest BCUT2D eigenvalue weighted by molar-refractivity contribution is 5.94. The summed E-state index contributed by atoms with van der Waals surface area (Å²) in [7, 11) is 0. The number of hydrogen-bond donors (Lipinski definition) is 0.